The van der Waals surface area contributed by atoms with Crippen LogP contribution in [0.1, 0.15) is 34.5 Å². The third kappa shape index (κ3) is 1.86. The molecular weight excluding hydrogens is 444 g/mol. The molecule has 174 valence electrons. The second kappa shape index (κ2) is 6.08. The lowest BCUT2D eigenvalue weighted by Gasteiger charge is -2.46. The average molecular weight is 475 g/mol. The summed E-state index contributed by atoms with van der Waals surface area (Å²) in [5, 5.41) is 0.168. The van der Waals surface area contributed by atoms with E-state index in [1.165, 1.54) is 22.3 Å². The van der Waals surface area contributed by atoms with Crippen molar-refractivity contribution in [2.24, 2.45) is 23.7 Å². The monoisotopic (exact) mass is 474 g/mol. The van der Waals surface area contributed by atoms with Gasteiger partial charge in [-0.05, 0) is 22.3 Å². The van der Waals surface area contributed by atoms with Gasteiger partial charge in [-0.3, -0.25) is 0 Å². The van der Waals surface area contributed by atoms with Crippen LogP contribution in [0.4, 0.5) is 0 Å². The molecule has 0 unspecified atom stereocenters. The van der Waals surface area contributed by atoms with Gasteiger partial charge in [0.1, 0.15) is 0 Å². The summed E-state index contributed by atoms with van der Waals surface area (Å²) in [7, 11) is -1.94. The van der Waals surface area contributed by atoms with E-state index in [0.717, 1.165) is 0 Å². The minimum Gasteiger partial charge on any atom is -0.373 e. The molecule has 4 fully saturated rings. The van der Waals surface area contributed by atoms with Crippen molar-refractivity contribution >= 4 is 8.07 Å². The van der Waals surface area contributed by atoms with Crippen LogP contribution in [-0.4, -0.2) is 20.3 Å². The maximum atomic E-state index is 7.19. The predicted molar refractivity (Wildman–Crippen MR) is 138 cm³/mol. The zero-order chi connectivity index (χ0) is 23.2. The van der Waals surface area contributed by atoms with E-state index >= 15 is 0 Å². The summed E-state index contributed by atoms with van der Waals surface area (Å²) in [6.07, 6.45) is 6.24. The number of rotatable bonds is 2. The molecule has 6 aliphatic heterocycles. The fourth-order valence-electron chi connectivity index (χ4n) is 10.4. The highest BCUT2D eigenvalue weighted by Gasteiger charge is 2.84. The normalized spacial score (nSPS) is 46.1. The van der Waals surface area contributed by atoms with E-state index in [1.807, 2.05) is 0 Å². The van der Waals surface area contributed by atoms with Crippen LogP contribution in [0.25, 0.3) is 0 Å². The van der Waals surface area contributed by atoms with Crippen molar-refractivity contribution < 1.29 is 9.47 Å². The Morgan fingerprint density at radius 1 is 0.571 bits per heavy atom. The van der Waals surface area contributed by atoms with Gasteiger partial charge in [0.25, 0.3) is 0 Å². The molecule has 0 radical (unpaired) electrons. The smallest absolute Gasteiger partial charge is 0.0894 e. The standard InChI is InChI=1S/C32H30O2Si/c1-35(2)31(19-11-5-3-6-12-19)17-18-32(35,20-13-7-4-8-14-20)26-25(31)29-23-24(30(26)34-29)28-22-16-10-9-15-21(22)27(23)33-28/h3-18,23-30H,1-2H3/t23-,24+,25-,26+,27+,28-,29+,30-,31-,32+. The molecule has 6 bridgehead atoms. The fourth-order valence-corrected chi connectivity index (χ4v) is 16.2. The van der Waals surface area contributed by atoms with Gasteiger partial charge < -0.3 is 9.47 Å². The molecule has 0 spiro atoms. The zero-order valence-corrected chi connectivity index (χ0v) is 21.2. The Labute approximate surface area is 208 Å². The molecule has 3 aromatic rings. The molecular formula is C32H30O2Si. The van der Waals surface area contributed by atoms with Gasteiger partial charge in [-0.15, -0.1) is 0 Å². The molecule has 35 heavy (non-hydrogen) atoms. The predicted octanol–water partition coefficient (Wildman–Crippen LogP) is 6.30. The van der Waals surface area contributed by atoms with Crippen LogP contribution in [0.5, 0.6) is 0 Å². The molecule has 0 aromatic heterocycles. The zero-order valence-electron chi connectivity index (χ0n) is 20.2. The summed E-state index contributed by atoms with van der Waals surface area (Å²) in [5.74, 6) is 1.98. The van der Waals surface area contributed by atoms with Crippen LogP contribution in [0.15, 0.2) is 97.1 Å². The van der Waals surface area contributed by atoms with Crippen molar-refractivity contribution in [2.45, 2.75) is 47.6 Å². The minimum absolute atomic E-state index is 0.0838. The summed E-state index contributed by atoms with van der Waals surface area (Å²) in [4.78, 5) is 0. The van der Waals surface area contributed by atoms with Crippen molar-refractivity contribution in [1.29, 1.82) is 0 Å². The Kier molecular flexibility index (Phi) is 3.42. The van der Waals surface area contributed by atoms with Gasteiger partial charge in [-0.25, -0.2) is 0 Å². The largest absolute Gasteiger partial charge is 0.373 e. The van der Waals surface area contributed by atoms with Gasteiger partial charge in [0, 0.05) is 33.7 Å². The highest BCUT2D eigenvalue weighted by Crippen LogP contribution is 2.79. The molecule has 6 aliphatic rings. The molecule has 2 nitrogen and oxygen atoms in total. The number of hydrogen-bond donors (Lipinski definition) is 0. The molecule has 0 aliphatic carbocycles. The first-order valence-electron chi connectivity index (χ1n) is 13.3. The Morgan fingerprint density at radius 2 is 1.00 bits per heavy atom. The lowest BCUT2D eigenvalue weighted by molar-refractivity contribution is -0.0224. The maximum Gasteiger partial charge on any atom is 0.0894 e. The van der Waals surface area contributed by atoms with Gasteiger partial charge in [0.15, 0.2) is 0 Å². The summed E-state index contributed by atoms with van der Waals surface area (Å²) in [6, 6.07) is 31.9. The SMILES string of the molecule is C[Si]1(C)[C@]2(c3ccccc3)C=C[C@@]1(c1ccccc1)[C@H]1[C@H]3O[C@H]([C@H]4[C@@H]3[C@H]3O[C@@H]4c4ccccc43)[C@H]12. The van der Waals surface area contributed by atoms with Crippen molar-refractivity contribution in [3.63, 3.8) is 0 Å². The number of allylic oxidation sites excluding steroid dienone is 2. The molecule has 9 rings (SSSR count). The van der Waals surface area contributed by atoms with Crippen molar-refractivity contribution in [2.75, 3.05) is 0 Å². The second-order valence-corrected chi connectivity index (χ2v) is 17.2. The van der Waals surface area contributed by atoms with Crippen LogP contribution in [-0.2, 0) is 19.6 Å². The molecule has 6 heterocycles. The van der Waals surface area contributed by atoms with E-state index in [1.54, 1.807) is 0 Å². The van der Waals surface area contributed by atoms with Gasteiger partial charge in [-0.2, -0.15) is 0 Å². The van der Waals surface area contributed by atoms with E-state index in [0.29, 0.717) is 23.7 Å². The van der Waals surface area contributed by atoms with Crippen molar-refractivity contribution in [3.8, 4) is 0 Å². The van der Waals surface area contributed by atoms with Crippen molar-refractivity contribution in [3.05, 3.63) is 119 Å². The molecule has 3 aromatic carbocycles. The molecule has 10 atom stereocenters. The van der Waals surface area contributed by atoms with Crippen LogP contribution in [0.2, 0.25) is 13.1 Å². The third-order valence-corrected chi connectivity index (χ3v) is 17.2. The molecule has 4 saturated heterocycles. The number of fused-ring (bicyclic) bond motifs is 19. The number of ether oxygens (including phenoxy) is 2. The summed E-state index contributed by atoms with van der Waals surface area (Å²) in [5.41, 5.74) is 5.87. The van der Waals surface area contributed by atoms with E-state index < -0.39 is 8.07 Å². The first-order valence-corrected chi connectivity index (χ1v) is 16.3. The molecule has 0 saturated carbocycles. The Morgan fingerprint density at radius 3 is 1.46 bits per heavy atom. The Hall–Kier alpha value is -2.46. The minimum atomic E-state index is -1.94. The quantitative estimate of drug-likeness (QED) is 0.320. The summed E-state index contributed by atoms with van der Waals surface area (Å²) in [6.45, 7) is 5.36. The molecule has 0 amide bonds. The van der Waals surface area contributed by atoms with Gasteiger partial charge in [0.2, 0.25) is 0 Å². The van der Waals surface area contributed by atoms with E-state index in [9.17, 15) is 0 Å². The first kappa shape index (κ1) is 19.7. The Bertz CT molecular complexity index is 1300. The van der Waals surface area contributed by atoms with Gasteiger partial charge in [-0.1, -0.05) is 110 Å². The molecule has 0 N–H and O–H groups in total. The summed E-state index contributed by atoms with van der Waals surface area (Å²) >= 11 is 0. The van der Waals surface area contributed by atoms with Gasteiger partial charge in [0.05, 0.1) is 32.5 Å². The summed E-state index contributed by atoms with van der Waals surface area (Å²) < 4.78 is 14.0. The topological polar surface area (TPSA) is 18.5 Å². The van der Waals surface area contributed by atoms with E-state index in [4.69, 9.17) is 9.47 Å². The first-order chi connectivity index (χ1) is 17.1. The van der Waals surface area contributed by atoms with Crippen LogP contribution < -0.4 is 0 Å². The van der Waals surface area contributed by atoms with Crippen LogP contribution in [0, 0.1) is 23.7 Å². The third-order valence-electron chi connectivity index (χ3n) is 11.4. The molecule has 3 heteroatoms. The fraction of sp³-hybridized carbons (Fsp3) is 0.375. The van der Waals surface area contributed by atoms with Crippen molar-refractivity contribution in [1.82, 2.24) is 0 Å². The van der Waals surface area contributed by atoms with Crippen LogP contribution in [0.3, 0.4) is 0 Å². The van der Waals surface area contributed by atoms with Crippen LogP contribution >= 0.6 is 0 Å². The highest BCUT2D eigenvalue weighted by atomic mass is 28.3. The Balaban J connectivity index is 1.30. The number of hydrogen-bond acceptors (Lipinski definition) is 2. The van der Waals surface area contributed by atoms with E-state index in [2.05, 4.69) is 110 Å². The second-order valence-electron chi connectivity index (χ2n) is 12.3. The average Bonchev–Trinajstić information content (AvgIpc) is 3.71. The number of benzene rings is 3. The maximum absolute atomic E-state index is 7.19. The lowest BCUT2D eigenvalue weighted by Crippen LogP contribution is -2.57. The van der Waals surface area contributed by atoms with Gasteiger partial charge >= 0.3 is 0 Å². The highest BCUT2D eigenvalue weighted by molar-refractivity contribution is 6.86. The lowest BCUT2D eigenvalue weighted by atomic mass is 9.54. The van der Waals surface area contributed by atoms with E-state index in [-0.39, 0.29) is 34.5 Å².